The van der Waals surface area contributed by atoms with Gasteiger partial charge < -0.3 is 15.3 Å². The van der Waals surface area contributed by atoms with Crippen LogP contribution in [-0.2, 0) is 4.79 Å². The fourth-order valence-corrected chi connectivity index (χ4v) is 4.46. The molecule has 0 aliphatic heterocycles. The van der Waals surface area contributed by atoms with Crippen LogP contribution in [0.15, 0.2) is 11.6 Å². The molecule has 2 fully saturated rings. The molecule has 2 unspecified atom stereocenters. The molecule has 0 spiro atoms. The minimum absolute atomic E-state index is 0.0776. The summed E-state index contributed by atoms with van der Waals surface area (Å²) in [5.74, 6) is 6.40. The molecule has 4 heteroatoms. The van der Waals surface area contributed by atoms with Crippen molar-refractivity contribution in [3.05, 3.63) is 11.6 Å². The highest BCUT2D eigenvalue weighted by Crippen LogP contribution is 2.55. The summed E-state index contributed by atoms with van der Waals surface area (Å²) in [6.07, 6.45) is 7.42. The second-order valence-corrected chi connectivity index (χ2v) is 7.58. The Bertz CT molecular complexity index is 542. The van der Waals surface area contributed by atoms with Crippen LogP contribution < -0.4 is 0 Å². The maximum absolute atomic E-state index is 10.7. The molecule has 0 bridgehead atoms. The quantitative estimate of drug-likeness (QED) is 0.374. The van der Waals surface area contributed by atoms with Crippen LogP contribution in [0.3, 0.4) is 0 Å². The molecule has 2 rings (SSSR count). The number of unbranched alkanes of at least 4 members (excludes halogenated alkanes) is 2. The molecular weight excluding hydrogens is 316 g/mol. The Labute approximate surface area is 151 Å². The average molecular weight is 348 g/mol. The second-order valence-electron chi connectivity index (χ2n) is 7.58. The van der Waals surface area contributed by atoms with E-state index in [9.17, 15) is 15.0 Å². The number of allylic oxidation sites excluding steroid dienone is 2. The second kappa shape index (κ2) is 9.40. The van der Waals surface area contributed by atoms with Crippen LogP contribution in [0.2, 0.25) is 0 Å². The molecule has 25 heavy (non-hydrogen) atoms. The van der Waals surface area contributed by atoms with Gasteiger partial charge in [-0.1, -0.05) is 50.2 Å². The van der Waals surface area contributed by atoms with Gasteiger partial charge in [0.1, 0.15) is 6.10 Å². The van der Waals surface area contributed by atoms with Crippen LogP contribution in [0, 0.1) is 35.5 Å². The summed E-state index contributed by atoms with van der Waals surface area (Å²) in [7, 11) is 0. The summed E-state index contributed by atoms with van der Waals surface area (Å²) in [4.78, 5) is 10.7. The number of aliphatic hydroxyl groups is 2. The standard InChI is InChI=1S/C21H32O4/c1-3-4-5-7-15(22)10-11-18-19(23)13-12-17-16(14(2)21(17)18)8-6-9-20(24)25/h8,14-15,17-19,21-23H,3-7,9,12-13H2,1-2H3,(H,24,25)/t14?,15?,17-,18+,19-,21+/m0/s1. The molecule has 0 aromatic heterocycles. The third-order valence-corrected chi connectivity index (χ3v) is 5.83. The van der Waals surface area contributed by atoms with E-state index in [-0.39, 0.29) is 12.3 Å². The molecule has 0 saturated heterocycles. The monoisotopic (exact) mass is 348 g/mol. The fourth-order valence-electron chi connectivity index (χ4n) is 4.46. The van der Waals surface area contributed by atoms with E-state index in [2.05, 4.69) is 31.8 Å². The van der Waals surface area contributed by atoms with Gasteiger partial charge in [0.25, 0.3) is 0 Å². The number of carboxylic acid groups (broad SMARTS) is 1. The SMILES string of the molecule is CCCCCC(O)C#C[C@H]1[C@@H]2C(C)C(=CCCC(=O)O)[C@@H]2CC[C@@H]1O. The number of carbonyl (C=O) groups is 1. The average Bonchev–Trinajstić information content (AvgIpc) is 2.57. The van der Waals surface area contributed by atoms with Gasteiger partial charge in [-0.3, -0.25) is 4.79 Å². The predicted molar refractivity (Wildman–Crippen MR) is 97.8 cm³/mol. The number of aliphatic carboxylic acids is 1. The Kier molecular flexibility index (Phi) is 7.53. The minimum Gasteiger partial charge on any atom is -0.481 e. The zero-order valence-electron chi connectivity index (χ0n) is 15.4. The molecule has 2 saturated carbocycles. The van der Waals surface area contributed by atoms with Crippen LogP contribution >= 0.6 is 0 Å². The first-order valence-electron chi connectivity index (χ1n) is 9.74. The third kappa shape index (κ3) is 5.09. The summed E-state index contributed by atoms with van der Waals surface area (Å²) in [6, 6.07) is 0. The number of rotatable bonds is 7. The van der Waals surface area contributed by atoms with Gasteiger partial charge in [-0.25, -0.2) is 0 Å². The number of aliphatic hydroxyl groups excluding tert-OH is 2. The van der Waals surface area contributed by atoms with Crippen molar-refractivity contribution in [2.75, 3.05) is 0 Å². The van der Waals surface area contributed by atoms with Gasteiger partial charge in [-0.05, 0) is 49.9 Å². The number of fused-ring (bicyclic) bond motifs is 1. The predicted octanol–water partition coefficient (Wildman–Crippen LogP) is 3.38. The normalized spacial score (nSPS) is 33.8. The molecule has 0 heterocycles. The van der Waals surface area contributed by atoms with Crippen LogP contribution in [-0.4, -0.2) is 33.5 Å². The smallest absolute Gasteiger partial charge is 0.303 e. The molecule has 0 aromatic carbocycles. The van der Waals surface area contributed by atoms with Crippen molar-refractivity contribution in [2.45, 2.75) is 77.4 Å². The lowest BCUT2D eigenvalue weighted by atomic mass is 9.51. The molecule has 6 atom stereocenters. The van der Waals surface area contributed by atoms with Crippen LogP contribution in [0.4, 0.5) is 0 Å². The van der Waals surface area contributed by atoms with Crippen LogP contribution in [0.5, 0.6) is 0 Å². The van der Waals surface area contributed by atoms with Crippen molar-refractivity contribution in [1.29, 1.82) is 0 Å². The molecule has 0 radical (unpaired) electrons. The summed E-state index contributed by atoms with van der Waals surface area (Å²) in [6.45, 7) is 4.29. The van der Waals surface area contributed by atoms with Crippen LogP contribution in [0.25, 0.3) is 0 Å². The summed E-state index contributed by atoms with van der Waals surface area (Å²) >= 11 is 0. The Morgan fingerprint density at radius 2 is 2.12 bits per heavy atom. The minimum atomic E-state index is -0.764. The van der Waals surface area contributed by atoms with Gasteiger partial charge in [0.15, 0.2) is 0 Å². The first-order chi connectivity index (χ1) is 12.0. The summed E-state index contributed by atoms with van der Waals surface area (Å²) < 4.78 is 0. The largest absolute Gasteiger partial charge is 0.481 e. The van der Waals surface area contributed by atoms with E-state index in [0.717, 1.165) is 32.1 Å². The molecular formula is C21H32O4. The Balaban J connectivity index is 1.97. The molecule has 0 aromatic rings. The van der Waals surface area contributed by atoms with E-state index < -0.39 is 18.2 Å². The lowest BCUT2D eigenvalue weighted by molar-refractivity contribution is -0.136. The lowest BCUT2D eigenvalue weighted by Gasteiger charge is -2.53. The summed E-state index contributed by atoms with van der Waals surface area (Å²) in [5.41, 5.74) is 1.34. The molecule has 3 N–H and O–H groups in total. The van der Waals surface area contributed by atoms with Gasteiger partial charge in [0.2, 0.25) is 0 Å². The van der Waals surface area contributed by atoms with Gasteiger partial charge in [0, 0.05) is 6.42 Å². The Hall–Kier alpha value is -1.31. The van der Waals surface area contributed by atoms with E-state index >= 15 is 0 Å². The van der Waals surface area contributed by atoms with Gasteiger partial charge in [-0.15, -0.1) is 0 Å². The van der Waals surface area contributed by atoms with Gasteiger partial charge in [-0.2, -0.15) is 0 Å². The van der Waals surface area contributed by atoms with Crippen molar-refractivity contribution in [3.63, 3.8) is 0 Å². The first kappa shape index (κ1) is 20.0. The van der Waals surface area contributed by atoms with E-state index in [1.165, 1.54) is 5.57 Å². The maximum atomic E-state index is 10.7. The van der Waals surface area contributed by atoms with E-state index in [1.807, 2.05) is 0 Å². The number of hydrogen-bond acceptors (Lipinski definition) is 3. The zero-order valence-corrected chi connectivity index (χ0v) is 15.4. The van der Waals surface area contributed by atoms with Crippen molar-refractivity contribution in [3.8, 4) is 11.8 Å². The van der Waals surface area contributed by atoms with Gasteiger partial charge in [0.05, 0.1) is 12.0 Å². The molecule has 140 valence electrons. The van der Waals surface area contributed by atoms with Crippen molar-refractivity contribution < 1.29 is 20.1 Å². The highest BCUT2D eigenvalue weighted by atomic mass is 16.4. The molecule has 4 nitrogen and oxygen atoms in total. The van der Waals surface area contributed by atoms with Crippen molar-refractivity contribution in [1.82, 2.24) is 0 Å². The van der Waals surface area contributed by atoms with E-state index in [1.54, 1.807) is 0 Å². The Morgan fingerprint density at radius 1 is 1.36 bits per heavy atom. The molecule has 2 aliphatic rings. The third-order valence-electron chi connectivity index (χ3n) is 5.83. The maximum Gasteiger partial charge on any atom is 0.303 e. The fraction of sp³-hybridized carbons (Fsp3) is 0.762. The molecule has 2 aliphatic carbocycles. The van der Waals surface area contributed by atoms with Crippen molar-refractivity contribution >= 4 is 5.97 Å². The Morgan fingerprint density at radius 3 is 2.80 bits per heavy atom. The summed E-state index contributed by atoms with van der Waals surface area (Å²) in [5, 5.41) is 29.2. The van der Waals surface area contributed by atoms with E-state index in [0.29, 0.717) is 30.6 Å². The van der Waals surface area contributed by atoms with E-state index in [4.69, 9.17) is 5.11 Å². The number of hydrogen-bond donors (Lipinski definition) is 3. The number of carboxylic acids is 1. The van der Waals surface area contributed by atoms with Crippen LogP contribution in [0.1, 0.15) is 65.2 Å². The highest BCUT2D eigenvalue weighted by Gasteiger charge is 2.50. The lowest BCUT2D eigenvalue weighted by Crippen LogP contribution is -2.50. The first-order valence-corrected chi connectivity index (χ1v) is 9.74. The zero-order chi connectivity index (χ0) is 18.4. The van der Waals surface area contributed by atoms with Gasteiger partial charge >= 0.3 is 5.97 Å². The topological polar surface area (TPSA) is 77.8 Å². The van der Waals surface area contributed by atoms with Crippen molar-refractivity contribution in [2.24, 2.45) is 23.7 Å². The highest BCUT2D eigenvalue weighted by molar-refractivity contribution is 5.66. The molecule has 0 amide bonds.